The maximum atomic E-state index is 12.4. The predicted molar refractivity (Wildman–Crippen MR) is 122 cm³/mol. The van der Waals surface area contributed by atoms with E-state index in [9.17, 15) is 4.79 Å². The number of carbonyl (C=O) groups is 1. The number of anilines is 1. The summed E-state index contributed by atoms with van der Waals surface area (Å²) < 4.78 is 16.0. The number of carbonyl (C=O) groups excluding carboxylic acids is 1. The normalized spacial score (nSPS) is 10.2. The fourth-order valence-corrected chi connectivity index (χ4v) is 3.63. The molecule has 2 aromatic carbocycles. The molecule has 0 spiro atoms. The molecular weight excluding hydrogens is 422 g/mol. The van der Waals surface area contributed by atoms with Gasteiger partial charge in [0.2, 0.25) is 0 Å². The molecule has 1 aromatic heterocycles. The summed E-state index contributed by atoms with van der Waals surface area (Å²) in [5.74, 6) is 1.57. The fraction of sp³-hybridized carbons (Fsp3) is 0.190. The van der Waals surface area contributed by atoms with Crippen LogP contribution < -0.4 is 24.8 Å². The molecule has 0 aliphatic carbocycles. The summed E-state index contributed by atoms with van der Waals surface area (Å²) >= 11 is 6.63. The molecule has 1 amide bonds. The Kier molecular flexibility index (Phi) is 7.21. The molecule has 0 unspecified atom stereocenters. The molecule has 0 aliphatic rings. The number of methoxy groups -OCH3 is 2. The van der Waals surface area contributed by atoms with Crippen LogP contribution in [0.5, 0.6) is 17.2 Å². The fourth-order valence-electron chi connectivity index (χ4n) is 2.66. The van der Waals surface area contributed by atoms with E-state index < -0.39 is 0 Å². The van der Waals surface area contributed by atoms with E-state index in [1.165, 1.54) is 11.3 Å². The summed E-state index contributed by atoms with van der Waals surface area (Å²) in [6, 6.07) is 12.5. The number of nitrogens with one attached hydrogen (secondary N) is 2. The average molecular weight is 444 g/mol. The third kappa shape index (κ3) is 5.25. The maximum Gasteiger partial charge on any atom is 0.257 e. The van der Waals surface area contributed by atoms with Crippen molar-refractivity contribution in [3.63, 3.8) is 0 Å². The minimum atomic E-state index is -0.328. The van der Waals surface area contributed by atoms with Crippen molar-refractivity contribution >= 4 is 39.7 Å². The van der Waals surface area contributed by atoms with E-state index in [-0.39, 0.29) is 11.0 Å². The molecule has 9 heteroatoms. The summed E-state index contributed by atoms with van der Waals surface area (Å²) in [6.45, 7) is 2.41. The number of hydrogen-bond acceptors (Lipinski definition) is 7. The Morgan fingerprint density at radius 2 is 1.93 bits per heavy atom. The zero-order chi connectivity index (χ0) is 21.5. The standard InChI is InChI=1S/C21H21N3O4S2/c1-4-28-15-7-5-6-14(10-15)19(25)23-20(29)24-21-22-16(12-30-21)13-8-9-17(26-2)18(11-13)27-3/h5-12H,4H2,1-3H3,(H2,22,23,24,25,29). The summed E-state index contributed by atoms with van der Waals surface area (Å²) in [7, 11) is 3.17. The topological polar surface area (TPSA) is 81.7 Å². The molecule has 3 aromatic rings. The maximum absolute atomic E-state index is 12.4. The Morgan fingerprint density at radius 3 is 2.67 bits per heavy atom. The lowest BCUT2D eigenvalue weighted by molar-refractivity contribution is 0.0977. The van der Waals surface area contributed by atoms with E-state index in [0.717, 1.165) is 11.3 Å². The van der Waals surface area contributed by atoms with Crippen molar-refractivity contribution in [1.82, 2.24) is 10.3 Å². The number of amides is 1. The zero-order valence-corrected chi connectivity index (χ0v) is 18.4. The lowest BCUT2D eigenvalue weighted by Gasteiger charge is -2.09. The van der Waals surface area contributed by atoms with Gasteiger partial charge in [-0.2, -0.15) is 0 Å². The second-order valence-electron chi connectivity index (χ2n) is 5.98. The van der Waals surface area contributed by atoms with Crippen molar-refractivity contribution in [2.45, 2.75) is 6.92 Å². The number of thiazole rings is 1. The minimum absolute atomic E-state index is 0.162. The Balaban J connectivity index is 1.65. The highest BCUT2D eigenvalue weighted by Gasteiger charge is 2.12. The molecule has 156 valence electrons. The Labute approximate surface area is 184 Å². The molecule has 0 aliphatic heterocycles. The van der Waals surface area contributed by atoms with Gasteiger partial charge >= 0.3 is 0 Å². The summed E-state index contributed by atoms with van der Waals surface area (Å²) in [5.41, 5.74) is 2.08. The second-order valence-corrected chi connectivity index (χ2v) is 7.24. The first kappa shape index (κ1) is 21.5. The van der Waals surface area contributed by atoms with Crippen LogP contribution in [0.3, 0.4) is 0 Å². The van der Waals surface area contributed by atoms with Crippen LogP contribution in [0.15, 0.2) is 47.8 Å². The predicted octanol–water partition coefficient (Wildman–Crippen LogP) is 4.35. The monoisotopic (exact) mass is 443 g/mol. The van der Waals surface area contributed by atoms with Gasteiger partial charge in [-0.05, 0) is 55.5 Å². The highest BCUT2D eigenvalue weighted by molar-refractivity contribution is 7.80. The summed E-state index contributed by atoms with van der Waals surface area (Å²) in [4.78, 5) is 16.9. The van der Waals surface area contributed by atoms with Gasteiger partial charge < -0.3 is 19.5 Å². The van der Waals surface area contributed by atoms with Crippen molar-refractivity contribution < 1.29 is 19.0 Å². The molecule has 1 heterocycles. The molecule has 3 rings (SSSR count). The third-order valence-corrected chi connectivity index (χ3v) is 5.00. The van der Waals surface area contributed by atoms with Crippen molar-refractivity contribution in [3.8, 4) is 28.5 Å². The van der Waals surface area contributed by atoms with Gasteiger partial charge in [-0.15, -0.1) is 11.3 Å². The van der Waals surface area contributed by atoms with E-state index in [4.69, 9.17) is 26.4 Å². The van der Waals surface area contributed by atoms with Gasteiger partial charge in [0, 0.05) is 16.5 Å². The zero-order valence-electron chi connectivity index (χ0n) is 16.7. The number of nitrogens with zero attached hydrogens (tertiary/aromatic N) is 1. The Bertz CT molecular complexity index is 1050. The molecule has 30 heavy (non-hydrogen) atoms. The molecular formula is C21H21N3O4S2. The largest absolute Gasteiger partial charge is 0.494 e. The Hall–Kier alpha value is -3.17. The molecule has 0 radical (unpaired) electrons. The van der Waals surface area contributed by atoms with Crippen LogP contribution in [0.2, 0.25) is 0 Å². The van der Waals surface area contributed by atoms with Crippen molar-refractivity contribution in [1.29, 1.82) is 0 Å². The van der Waals surface area contributed by atoms with Crippen molar-refractivity contribution in [2.75, 3.05) is 26.1 Å². The smallest absolute Gasteiger partial charge is 0.257 e. The number of ether oxygens (including phenoxy) is 3. The van der Waals surface area contributed by atoms with Crippen LogP contribution >= 0.6 is 23.6 Å². The summed E-state index contributed by atoms with van der Waals surface area (Å²) in [5, 5.41) is 8.21. The van der Waals surface area contributed by atoms with Crippen LogP contribution in [0, 0.1) is 0 Å². The van der Waals surface area contributed by atoms with Gasteiger partial charge in [0.25, 0.3) is 5.91 Å². The van der Waals surface area contributed by atoms with Crippen LogP contribution in [-0.4, -0.2) is 36.8 Å². The van der Waals surface area contributed by atoms with E-state index in [2.05, 4.69) is 15.6 Å². The van der Waals surface area contributed by atoms with Crippen LogP contribution in [0.25, 0.3) is 11.3 Å². The number of rotatable bonds is 7. The van der Waals surface area contributed by atoms with Gasteiger partial charge in [0.05, 0.1) is 26.5 Å². The van der Waals surface area contributed by atoms with E-state index in [0.29, 0.717) is 34.6 Å². The highest BCUT2D eigenvalue weighted by atomic mass is 32.1. The first-order valence-electron chi connectivity index (χ1n) is 9.07. The Morgan fingerprint density at radius 1 is 1.13 bits per heavy atom. The molecule has 0 saturated carbocycles. The van der Waals surface area contributed by atoms with E-state index in [1.807, 2.05) is 30.5 Å². The number of benzene rings is 2. The minimum Gasteiger partial charge on any atom is -0.494 e. The van der Waals surface area contributed by atoms with E-state index in [1.54, 1.807) is 38.5 Å². The third-order valence-electron chi connectivity index (χ3n) is 4.04. The van der Waals surface area contributed by atoms with Crippen molar-refractivity contribution in [2.24, 2.45) is 0 Å². The van der Waals surface area contributed by atoms with Crippen LogP contribution in [0.1, 0.15) is 17.3 Å². The van der Waals surface area contributed by atoms with Crippen LogP contribution in [0.4, 0.5) is 5.13 Å². The van der Waals surface area contributed by atoms with Gasteiger partial charge in [-0.1, -0.05) is 6.07 Å². The quantitative estimate of drug-likeness (QED) is 0.525. The summed E-state index contributed by atoms with van der Waals surface area (Å²) in [6.07, 6.45) is 0. The lowest BCUT2D eigenvalue weighted by Crippen LogP contribution is -2.34. The second kappa shape index (κ2) is 10.0. The van der Waals surface area contributed by atoms with E-state index >= 15 is 0 Å². The molecule has 0 atom stereocenters. The number of aromatic nitrogens is 1. The van der Waals surface area contributed by atoms with Crippen molar-refractivity contribution in [3.05, 3.63) is 53.4 Å². The van der Waals surface area contributed by atoms with Gasteiger partial charge in [-0.3, -0.25) is 10.1 Å². The number of thiocarbonyl (C=S) groups is 1. The van der Waals surface area contributed by atoms with Gasteiger partial charge in [0.15, 0.2) is 21.7 Å². The first-order valence-corrected chi connectivity index (χ1v) is 10.4. The number of hydrogen-bond donors (Lipinski definition) is 2. The lowest BCUT2D eigenvalue weighted by atomic mass is 10.1. The first-order chi connectivity index (χ1) is 14.5. The molecule has 0 fully saturated rings. The SMILES string of the molecule is CCOc1cccc(C(=O)NC(=S)Nc2nc(-c3ccc(OC)c(OC)c3)cs2)c1. The van der Waals surface area contributed by atoms with Crippen LogP contribution in [-0.2, 0) is 0 Å². The van der Waals surface area contributed by atoms with Gasteiger partial charge in [0.1, 0.15) is 5.75 Å². The molecule has 7 nitrogen and oxygen atoms in total. The molecule has 0 saturated heterocycles. The average Bonchev–Trinajstić information content (AvgIpc) is 3.21. The molecule has 0 bridgehead atoms. The molecule has 2 N–H and O–H groups in total. The van der Waals surface area contributed by atoms with Gasteiger partial charge in [-0.25, -0.2) is 4.98 Å². The highest BCUT2D eigenvalue weighted by Crippen LogP contribution is 2.33.